The van der Waals surface area contributed by atoms with Gasteiger partial charge in [0.1, 0.15) is 5.76 Å². The van der Waals surface area contributed by atoms with Crippen molar-refractivity contribution in [2.45, 2.75) is 32.3 Å². The number of hydrogen-bond acceptors (Lipinski definition) is 5. The van der Waals surface area contributed by atoms with E-state index in [1.165, 1.54) is 6.92 Å². The minimum atomic E-state index is -1.00. The zero-order valence-electron chi connectivity index (χ0n) is 15.5. The quantitative estimate of drug-likeness (QED) is 0.700. The first kappa shape index (κ1) is 18.0. The van der Waals surface area contributed by atoms with Crippen molar-refractivity contribution in [1.82, 2.24) is 4.98 Å². The minimum Gasteiger partial charge on any atom is -0.465 e. The first-order valence-corrected chi connectivity index (χ1v) is 9.21. The molecule has 2 heterocycles. The average Bonchev–Trinajstić information content (AvgIpc) is 3.19. The smallest absolute Gasteiger partial charge is 0.339 e. The predicted molar refractivity (Wildman–Crippen MR) is 105 cm³/mol. The summed E-state index contributed by atoms with van der Waals surface area (Å²) in [5, 5.41) is 0.710. The van der Waals surface area contributed by atoms with Crippen molar-refractivity contribution in [3.05, 3.63) is 65.2 Å². The van der Waals surface area contributed by atoms with Crippen LogP contribution in [0, 0.1) is 0 Å². The molecule has 1 amide bonds. The zero-order chi connectivity index (χ0) is 19.7. The number of primary amides is 1. The van der Waals surface area contributed by atoms with Crippen molar-refractivity contribution in [2.24, 2.45) is 5.73 Å². The van der Waals surface area contributed by atoms with Crippen LogP contribution in [0.3, 0.4) is 0 Å². The molecule has 28 heavy (non-hydrogen) atoms. The summed E-state index contributed by atoms with van der Waals surface area (Å²) in [5.41, 5.74) is 9.05. The molecule has 0 fully saturated rings. The number of ether oxygens (including phenoxy) is 1. The predicted octanol–water partition coefficient (Wildman–Crippen LogP) is 3.74. The van der Waals surface area contributed by atoms with Crippen LogP contribution in [0.15, 0.2) is 47.1 Å². The largest absolute Gasteiger partial charge is 0.465 e. The number of carbonyl (C=O) groups is 2. The summed E-state index contributed by atoms with van der Waals surface area (Å²) in [5.74, 6) is -0.497. The van der Waals surface area contributed by atoms with Crippen molar-refractivity contribution >= 4 is 34.4 Å². The van der Waals surface area contributed by atoms with Crippen molar-refractivity contribution in [3.8, 4) is 0 Å². The van der Waals surface area contributed by atoms with Crippen molar-refractivity contribution in [1.29, 1.82) is 0 Å². The number of nitrogens with zero attached hydrogens (tertiary/aromatic N) is 1. The summed E-state index contributed by atoms with van der Waals surface area (Å²) in [6.45, 7) is 1.47. The topological polar surface area (TPSA) is 95.4 Å². The molecule has 1 aromatic carbocycles. The highest BCUT2D eigenvalue weighted by molar-refractivity contribution is 6.07. The molecule has 2 N–H and O–H groups in total. The molecule has 6 nitrogen and oxygen atoms in total. The van der Waals surface area contributed by atoms with Gasteiger partial charge in [-0.1, -0.05) is 18.2 Å². The summed E-state index contributed by atoms with van der Waals surface area (Å²) >= 11 is 0. The molecule has 3 aromatic rings. The number of allylic oxidation sites excluding steroid dienone is 1. The van der Waals surface area contributed by atoms with Crippen LogP contribution >= 0.6 is 0 Å². The highest BCUT2D eigenvalue weighted by Crippen LogP contribution is 2.36. The standard InChI is InChI=1S/C22H20N2O4/c1-13(21(23)25)28-22(26)19-16-8-2-3-10-18(16)24-20-14(6-4-9-17(19)20)12-15-7-5-11-27-15/h2-3,5,7-8,10-13H,4,6,9H2,1H3,(H2,23,25)/b14-12-/t13-/m1/s1. The van der Waals surface area contributed by atoms with Crippen LogP contribution in [0.4, 0.5) is 0 Å². The molecule has 0 saturated heterocycles. The number of para-hydroxylation sites is 1. The van der Waals surface area contributed by atoms with Crippen LogP contribution < -0.4 is 5.73 Å². The van der Waals surface area contributed by atoms with E-state index in [4.69, 9.17) is 19.9 Å². The molecular formula is C22H20N2O4. The lowest BCUT2D eigenvalue weighted by atomic mass is 9.86. The van der Waals surface area contributed by atoms with Gasteiger partial charge in [0, 0.05) is 5.39 Å². The molecule has 1 atom stereocenters. The Hall–Kier alpha value is -3.41. The van der Waals surface area contributed by atoms with E-state index in [9.17, 15) is 9.59 Å². The van der Waals surface area contributed by atoms with E-state index in [1.54, 1.807) is 6.26 Å². The number of furan rings is 1. The number of amides is 1. The van der Waals surface area contributed by atoms with Crippen LogP contribution in [0.1, 0.15) is 47.1 Å². The van der Waals surface area contributed by atoms with Crippen LogP contribution in [-0.4, -0.2) is 23.0 Å². The van der Waals surface area contributed by atoms with E-state index in [0.717, 1.165) is 35.4 Å². The molecule has 0 spiro atoms. The summed E-state index contributed by atoms with van der Waals surface area (Å²) in [4.78, 5) is 29.2. The molecule has 0 radical (unpaired) electrons. The number of rotatable bonds is 4. The normalized spacial score (nSPS) is 16.0. The lowest BCUT2D eigenvalue weighted by molar-refractivity contribution is -0.125. The first-order chi connectivity index (χ1) is 13.5. The van der Waals surface area contributed by atoms with Crippen LogP contribution in [0.2, 0.25) is 0 Å². The fraction of sp³-hybridized carbons (Fsp3) is 0.227. The van der Waals surface area contributed by atoms with E-state index in [-0.39, 0.29) is 0 Å². The number of esters is 1. The summed E-state index contributed by atoms with van der Waals surface area (Å²) < 4.78 is 10.8. The first-order valence-electron chi connectivity index (χ1n) is 9.21. The summed E-state index contributed by atoms with van der Waals surface area (Å²) in [6.07, 6.45) is 5.00. The van der Waals surface area contributed by atoms with Gasteiger partial charge in [-0.25, -0.2) is 9.78 Å². The van der Waals surface area contributed by atoms with Gasteiger partial charge in [0.15, 0.2) is 6.10 Å². The maximum atomic E-state index is 13.0. The van der Waals surface area contributed by atoms with E-state index in [1.807, 2.05) is 42.5 Å². The minimum absolute atomic E-state index is 0.457. The van der Waals surface area contributed by atoms with E-state index in [0.29, 0.717) is 22.9 Å². The second kappa shape index (κ2) is 7.31. The second-order valence-electron chi connectivity index (χ2n) is 6.82. The molecule has 6 heteroatoms. The monoisotopic (exact) mass is 376 g/mol. The van der Waals surface area contributed by atoms with Crippen LogP contribution in [0.5, 0.6) is 0 Å². The third-order valence-corrected chi connectivity index (χ3v) is 4.92. The second-order valence-corrected chi connectivity index (χ2v) is 6.82. The van der Waals surface area contributed by atoms with Gasteiger partial charge in [0.05, 0.1) is 23.0 Å². The van der Waals surface area contributed by atoms with Gasteiger partial charge in [0.25, 0.3) is 5.91 Å². The Kier molecular flexibility index (Phi) is 4.69. The van der Waals surface area contributed by atoms with E-state index >= 15 is 0 Å². The molecule has 0 unspecified atom stereocenters. The van der Waals surface area contributed by atoms with Gasteiger partial charge in [0.2, 0.25) is 0 Å². The third kappa shape index (κ3) is 3.29. The van der Waals surface area contributed by atoms with Crippen molar-refractivity contribution in [3.63, 3.8) is 0 Å². The van der Waals surface area contributed by atoms with Crippen LogP contribution in [-0.2, 0) is 16.0 Å². The van der Waals surface area contributed by atoms with Gasteiger partial charge < -0.3 is 14.9 Å². The van der Waals surface area contributed by atoms with Gasteiger partial charge in [-0.05, 0) is 61.6 Å². The number of nitrogens with two attached hydrogens (primary N) is 1. The molecule has 4 rings (SSSR count). The Morgan fingerprint density at radius 1 is 1.21 bits per heavy atom. The number of carbonyl (C=O) groups excluding carboxylic acids is 2. The molecule has 1 aliphatic carbocycles. The highest BCUT2D eigenvalue weighted by atomic mass is 16.5. The van der Waals surface area contributed by atoms with Gasteiger partial charge in [-0.15, -0.1) is 0 Å². The number of benzene rings is 1. The SMILES string of the molecule is C[C@@H](OC(=O)c1c2c(nc3ccccc13)/C(=C\c1ccco1)CCC2)C(N)=O. The number of pyridine rings is 1. The third-order valence-electron chi connectivity index (χ3n) is 4.92. The zero-order valence-corrected chi connectivity index (χ0v) is 15.5. The lowest BCUT2D eigenvalue weighted by Crippen LogP contribution is -2.31. The van der Waals surface area contributed by atoms with Gasteiger partial charge >= 0.3 is 5.97 Å². The fourth-order valence-corrected chi connectivity index (χ4v) is 3.53. The maximum absolute atomic E-state index is 13.0. The van der Waals surface area contributed by atoms with Crippen molar-refractivity contribution < 1.29 is 18.7 Å². The molecule has 0 aliphatic heterocycles. The summed E-state index contributed by atoms with van der Waals surface area (Å²) in [6, 6.07) is 11.2. The summed E-state index contributed by atoms with van der Waals surface area (Å²) in [7, 11) is 0. The molecule has 142 valence electrons. The Balaban J connectivity index is 1.89. The maximum Gasteiger partial charge on any atom is 0.339 e. The van der Waals surface area contributed by atoms with E-state index < -0.39 is 18.0 Å². The molecule has 0 saturated carbocycles. The molecular weight excluding hydrogens is 356 g/mol. The molecule has 1 aliphatic rings. The Bertz CT molecular complexity index is 1080. The molecule has 0 bridgehead atoms. The number of fused-ring (bicyclic) bond motifs is 2. The Labute approximate surface area is 162 Å². The fourth-order valence-electron chi connectivity index (χ4n) is 3.53. The Morgan fingerprint density at radius 3 is 2.79 bits per heavy atom. The Morgan fingerprint density at radius 2 is 2.04 bits per heavy atom. The number of aromatic nitrogens is 1. The van der Waals surface area contributed by atoms with Gasteiger partial charge in [-0.2, -0.15) is 0 Å². The van der Waals surface area contributed by atoms with Crippen molar-refractivity contribution in [2.75, 3.05) is 0 Å². The van der Waals surface area contributed by atoms with Gasteiger partial charge in [-0.3, -0.25) is 4.79 Å². The highest BCUT2D eigenvalue weighted by Gasteiger charge is 2.27. The van der Waals surface area contributed by atoms with Crippen LogP contribution in [0.25, 0.3) is 22.6 Å². The number of hydrogen-bond donors (Lipinski definition) is 1. The lowest BCUT2D eigenvalue weighted by Gasteiger charge is -2.22. The molecule has 2 aromatic heterocycles. The van der Waals surface area contributed by atoms with E-state index in [2.05, 4.69) is 0 Å². The average molecular weight is 376 g/mol.